The van der Waals surface area contributed by atoms with Crippen LogP contribution in [-0.4, -0.2) is 18.0 Å². The molecule has 1 aliphatic rings. The van der Waals surface area contributed by atoms with E-state index in [1.54, 1.807) is 13.2 Å². The second-order valence-electron chi connectivity index (χ2n) is 2.94. The lowest BCUT2D eigenvalue weighted by Gasteiger charge is -2.10. The number of carbonyl (C=O) groups excluding carboxylic acids is 1. The fourth-order valence-electron chi connectivity index (χ4n) is 1.22. The van der Waals surface area contributed by atoms with Gasteiger partial charge in [0, 0.05) is 18.9 Å². The van der Waals surface area contributed by atoms with Crippen LogP contribution in [0.4, 0.5) is 10.5 Å². The van der Waals surface area contributed by atoms with Crippen LogP contribution in [0.25, 0.3) is 6.08 Å². The molecule has 2 rings (SSSR count). The summed E-state index contributed by atoms with van der Waals surface area (Å²) in [4.78, 5) is 12.9. The number of rotatable bonds is 0. The van der Waals surface area contributed by atoms with E-state index in [2.05, 4.69) is 5.32 Å². The number of benzene rings is 1. The van der Waals surface area contributed by atoms with Gasteiger partial charge in [0.25, 0.3) is 0 Å². The van der Waals surface area contributed by atoms with Gasteiger partial charge >= 0.3 is 6.03 Å². The van der Waals surface area contributed by atoms with Crippen molar-refractivity contribution in [1.82, 2.24) is 4.90 Å². The van der Waals surface area contributed by atoms with Gasteiger partial charge in [-0.1, -0.05) is 18.2 Å². The predicted octanol–water partition coefficient (Wildman–Crippen LogP) is 2.13. The van der Waals surface area contributed by atoms with Gasteiger partial charge in [0.1, 0.15) is 0 Å². The Kier molecular flexibility index (Phi) is 1.77. The number of nitrogens with zero attached hydrogens (tertiary/aromatic N) is 1. The minimum Gasteiger partial charge on any atom is -0.307 e. The molecule has 2 amide bonds. The van der Waals surface area contributed by atoms with Gasteiger partial charge in [0.05, 0.1) is 0 Å². The van der Waals surface area contributed by atoms with Crippen molar-refractivity contribution in [2.45, 2.75) is 0 Å². The van der Waals surface area contributed by atoms with Gasteiger partial charge in [-0.2, -0.15) is 0 Å². The summed E-state index contributed by atoms with van der Waals surface area (Å²) in [6.07, 6.45) is 3.66. The third-order valence-electron chi connectivity index (χ3n) is 2.00. The zero-order valence-corrected chi connectivity index (χ0v) is 7.32. The summed E-state index contributed by atoms with van der Waals surface area (Å²) in [6.45, 7) is 0. The molecule has 1 aromatic carbocycles. The summed E-state index contributed by atoms with van der Waals surface area (Å²) in [6, 6.07) is 7.59. The van der Waals surface area contributed by atoms with E-state index in [-0.39, 0.29) is 6.03 Å². The Labute approximate surface area is 76.7 Å². The lowest BCUT2D eigenvalue weighted by Crippen LogP contribution is -2.25. The minimum atomic E-state index is -0.110. The van der Waals surface area contributed by atoms with E-state index in [0.29, 0.717) is 0 Å². The number of urea groups is 1. The van der Waals surface area contributed by atoms with Crippen LogP contribution in [0.1, 0.15) is 5.56 Å². The number of para-hydroxylation sites is 1. The lowest BCUT2D eigenvalue weighted by molar-refractivity contribution is 0.235. The fourth-order valence-corrected chi connectivity index (χ4v) is 1.22. The highest BCUT2D eigenvalue weighted by molar-refractivity contribution is 5.94. The highest BCUT2D eigenvalue weighted by atomic mass is 16.2. The van der Waals surface area contributed by atoms with Crippen molar-refractivity contribution in [3.63, 3.8) is 0 Å². The van der Waals surface area contributed by atoms with Crippen LogP contribution in [0.15, 0.2) is 30.5 Å². The second kappa shape index (κ2) is 2.94. The van der Waals surface area contributed by atoms with Crippen LogP contribution in [0, 0.1) is 0 Å². The standard InChI is InChI=1S/C10H10N2O/c1-12-7-6-8-4-2-3-5-9(8)11-10(12)13/h2-7H,1H3,(H,11,13). The molecule has 0 bridgehead atoms. The summed E-state index contributed by atoms with van der Waals surface area (Å²) in [5.74, 6) is 0. The summed E-state index contributed by atoms with van der Waals surface area (Å²) < 4.78 is 0. The molecule has 1 aliphatic heterocycles. The Morgan fingerprint density at radius 2 is 2.08 bits per heavy atom. The number of carbonyl (C=O) groups is 1. The van der Waals surface area contributed by atoms with Crippen molar-refractivity contribution in [3.05, 3.63) is 36.0 Å². The highest BCUT2D eigenvalue weighted by Crippen LogP contribution is 2.19. The number of nitrogens with one attached hydrogen (secondary N) is 1. The number of hydrogen-bond donors (Lipinski definition) is 1. The summed E-state index contributed by atoms with van der Waals surface area (Å²) in [7, 11) is 1.72. The smallest absolute Gasteiger partial charge is 0.307 e. The van der Waals surface area contributed by atoms with Crippen LogP contribution >= 0.6 is 0 Å². The van der Waals surface area contributed by atoms with E-state index in [1.807, 2.05) is 30.3 Å². The SMILES string of the molecule is CN1C=Cc2ccccc2NC1=O. The van der Waals surface area contributed by atoms with Crippen molar-refractivity contribution in [2.75, 3.05) is 12.4 Å². The molecule has 3 heteroatoms. The van der Waals surface area contributed by atoms with Crippen LogP contribution < -0.4 is 5.32 Å². The first-order valence-corrected chi connectivity index (χ1v) is 4.08. The first-order valence-electron chi connectivity index (χ1n) is 4.08. The molecular weight excluding hydrogens is 164 g/mol. The molecule has 13 heavy (non-hydrogen) atoms. The summed E-state index contributed by atoms with van der Waals surface area (Å²) in [5.41, 5.74) is 1.88. The Hall–Kier alpha value is -1.77. The Balaban J connectivity index is 2.46. The zero-order chi connectivity index (χ0) is 9.26. The second-order valence-corrected chi connectivity index (χ2v) is 2.94. The molecule has 0 atom stereocenters. The topological polar surface area (TPSA) is 32.3 Å². The minimum absolute atomic E-state index is 0.110. The van der Waals surface area contributed by atoms with E-state index in [0.717, 1.165) is 11.3 Å². The van der Waals surface area contributed by atoms with E-state index in [1.165, 1.54) is 4.90 Å². The quantitative estimate of drug-likeness (QED) is 0.642. The Morgan fingerprint density at radius 1 is 1.31 bits per heavy atom. The van der Waals surface area contributed by atoms with Gasteiger partial charge in [0.2, 0.25) is 0 Å². The normalized spacial score (nSPS) is 14.8. The Bertz CT molecular complexity index is 371. The van der Waals surface area contributed by atoms with Gasteiger partial charge in [-0.25, -0.2) is 4.79 Å². The number of fused-ring (bicyclic) bond motifs is 1. The molecule has 0 spiro atoms. The van der Waals surface area contributed by atoms with Gasteiger partial charge in [-0.15, -0.1) is 0 Å². The van der Waals surface area contributed by atoms with Crippen molar-refractivity contribution >= 4 is 17.8 Å². The van der Waals surface area contributed by atoms with Gasteiger partial charge in [-0.05, 0) is 17.7 Å². The van der Waals surface area contributed by atoms with E-state index in [4.69, 9.17) is 0 Å². The first kappa shape index (κ1) is 7.86. The molecule has 0 aromatic heterocycles. The molecular formula is C10H10N2O. The van der Waals surface area contributed by atoms with Crippen LogP contribution in [0.2, 0.25) is 0 Å². The molecule has 1 heterocycles. The summed E-state index contributed by atoms with van der Waals surface area (Å²) >= 11 is 0. The summed E-state index contributed by atoms with van der Waals surface area (Å²) in [5, 5.41) is 2.80. The average Bonchev–Trinajstić information content (AvgIpc) is 2.28. The molecule has 0 saturated heterocycles. The molecule has 3 nitrogen and oxygen atoms in total. The molecule has 0 fully saturated rings. The number of amides is 2. The maximum Gasteiger partial charge on any atom is 0.325 e. The van der Waals surface area contributed by atoms with Crippen LogP contribution in [0.5, 0.6) is 0 Å². The molecule has 0 unspecified atom stereocenters. The Morgan fingerprint density at radius 3 is 2.92 bits per heavy atom. The average molecular weight is 174 g/mol. The van der Waals surface area contributed by atoms with E-state index < -0.39 is 0 Å². The molecule has 0 radical (unpaired) electrons. The predicted molar refractivity (Wildman–Crippen MR) is 52.3 cm³/mol. The van der Waals surface area contributed by atoms with Gasteiger partial charge in [-0.3, -0.25) is 0 Å². The van der Waals surface area contributed by atoms with Crippen molar-refractivity contribution in [1.29, 1.82) is 0 Å². The van der Waals surface area contributed by atoms with E-state index >= 15 is 0 Å². The number of anilines is 1. The zero-order valence-electron chi connectivity index (χ0n) is 7.32. The van der Waals surface area contributed by atoms with Crippen molar-refractivity contribution < 1.29 is 4.79 Å². The third kappa shape index (κ3) is 1.40. The van der Waals surface area contributed by atoms with E-state index in [9.17, 15) is 4.79 Å². The fraction of sp³-hybridized carbons (Fsp3) is 0.100. The van der Waals surface area contributed by atoms with Gasteiger partial charge < -0.3 is 10.2 Å². The maximum absolute atomic E-state index is 11.3. The lowest BCUT2D eigenvalue weighted by atomic mass is 10.2. The highest BCUT2D eigenvalue weighted by Gasteiger charge is 2.10. The maximum atomic E-state index is 11.3. The largest absolute Gasteiger partial charge is 0.325 e. The monoisotopic (exact) mass is 174 g/mol. The molecule has 0 aliphatic carbocycles. The van der Waals surface area contributed by atoms with Crippen LogP contribution in [0.3, 0.4) is 0 Å². The molecule has 1 N–H and O–H groups in total. The van der Waals surface area contributed by atoms with Crippen molar-refractivity contribution in [2.24, 2.45) is 0 Å². The first-order chi connectivity index (χ1) is 6.27. The molecule has 0 saturated carbocycles. The van der Waals surface area contributed by atoms with Gasteiger partial charge in [0.15, 0.2) is 0 Å². The molecule has 66 valence electrons. The number of hydrogen-bond acceptors (Lipinski definition) is 1. The third-order valence-corrected chi connectivity index (χ3v) is 2.00. The molecule has 1 aromatic rings. The van der Waals surface area contributed by atoms with Crippen molar-refractivity contribution in [3.8, 4) is 0 Å². The van der Waals surface area contributed by atoms with Crippen LogP contribution in [-0.2, 0) is 0 Å².